The largest absolute Gasteiger partial charge is 0.504 e. The highest BCUT2D eigenvalue weighted by molar-refractivity contribution is 6.01. The quantitative estimate of drug-likeness (QED) is 0.319. The molecule has 3 aromatic rings. The van der Waals surface area contributed by atoms with Crippen molar-refractivity contribution in [3.63, 3.8) is 0 Å². The number of phenolic OH excluding ortho intramolecular Hbond substituents is 1. The second-order valence-electron chi connectivity index (χ2n) is 6.76. The van der Waals surface area contributed by atoms with Crippen LogP contribution in [0, 0.1) is 0 Å². The number of nitrogens with two attached hydrogens (primary N) is 1. The Kier molecular flexibility index (Phi) is 7.00. The van der Waals surface area contributed by atoms with E-state index in [9.17, 15) is 9.90 Å². The number of phenols is 1. The number of carbonyl (C=O) groups is 1. The maximum atomic E-state index is 12.9. The molecule has 2 aromatic heterocycles. The summed E-state index contributed by atoms with van der Waals surface area (Å²) in [7, 11) is 1.45. The van der Waals surface area contributed by atoms with Crippen molar-refractivity contribution in [2.24, 2.45) is 5.10 Å². The average molecular weight is 443 g/mol. The molecule has 0 aliphatic rings. The topological polar surface area (TPSA) is 170 Å². The third-order valence-electron chi connectivity index (χ3n) is 4.86. The molecule has 0 saturated carbocycles. The van der Waals surface area contributed by atoms with E-state index in [2.05, 4.69) is 40.7 Å². The monoisotopic (exact) mass is 443 g/mol. The molecular weight excluding hydrogens is 418 g/mol. The lowest BCUT2D eigenvalue weighted by atomic mass is 10.1. The van der Waals surface area contributed by atoms with Gasteiger partial charge in [-0.05, 0) is 48.5 Å². The standard InChI is InChI=1S/C19H25N9O4/c1-5-27(6-2)10-13-16(22-26-28(13)18-17(20)24-32-25-18)19(30)23-21-11(3)12-7-8-14(29)15(9-12)31-4/h7-9,29H,5-6,10H2,1-4H3,(H2,20,24)(H,23,30)/b21-11-. The summed E-state index contributed by atoms with van der Waals surface area (Å²) in [6.07, 6.45) is 0. The van der Waals surface area contributed by atoms with Gasteiger partial charge in [0.2, 0.25) is 11.6 Å². The lowest BCUT2D eigenvalue weighted by Crippen LogP contribution is -2.27. The molecule has 0 aliphatic heterocycles. The van der Waals surface area contributed by atoms with Gasteiger partial charge >= 0.3 is 0 Å². The number of rotatable bonds is 9. The number of aromatic nitrogens is 5. The van der Waals surface area contributed by atoms with Crippen molar-refractivity contribution >= 4 is 17.4 Å². The minimum absolute atomic E-state index is 0.00682. The van der Waals surface area contributed by atoms with Gasteiger partial charge < -0.3 is 15.6 Å². The van der Waals surface area contributed by atoms with E-state index < -0.39 is 5.91 Å². The Morgan fingerprint density at radius 1 is 1.34 bits per heavy atom. The van der Waals surface area contributed by atoms with Crippen LogP contribution in [0.25, 0.3) is 5.82 Å². The van der Waals surface area contributed by atoms with E-state index in [4.69, 9.17) is 10.5 Å². The Morgan fingerprint density at radius 2 is 2.09 bits per heavy atom. The maximum absolute atomic E-state index is 12.9. The zero-order valence-corrected chi connectivity index (χ0v) is 18.2. The van der Waals surface area contributed by atoms with Crippen LogP contribution >= 0.6 is 0 Å². The van der Waals surface area contributed by atoms with Crippen molar-refractivity contribution in [3.8, 4) is 17.3 Å². The molecule has 1 aromatic carbocycles. The molecule has 0 saturated heterocycles. The first kappa shape index (κ1) is 22.7. The van der Waals surface area contributed by atoms with Crippen LogP contribution in [-0.4, -0.2) is 67.1 Å². The Bertz CT molecular complexity index is 1120. The molecule has 2 heterocycles. The number of hydrogen-bond donors (Lipinski definition) is 3. The Morgan fingerprint density at radius 3 is 2.72 bits per heavy atom. The predicted molar refractivity (Wildman–Crippen MR) is 115 cm³/mol. The van der Waals surface area contributed by atoms with Crippen molar-refractivity contribution < 1.29 is 19.3 Å². The number of nitrogens with zero attached hydrogens (tertiary/aromatic N) is 7. The molecule has 13 heteroatoms. The van der Waals surface area contributed by atoms with Crippen molar-refractivity contribution in [3.05, 3.63) is 35.2 Å². The molecule has 0 spiro atoms. The molecule has 32 heavy (non-hydrogen) atoms. The van der Waals surface area contributed by atoms with Gasteiger partial charge in [-0.15, -0.1) is 5.10 Å². The van der Waals surface area contributed by atoms with Crippen LogP contribution in [0.4, 0.5) is 5.82 Å². The molecule has 0 bridgehead atoms. The molecule has 0 atom stereocenters. The van der Waals surface area contributed by atoms with Gasteiger partial charge in [-0.2, -0.15) is 9.78 Å². The first-order valence-corrected chi connectivity index (χ1v) is 9.86. The van der Waals surface area contributed by atoms with Crippen LogP contribution < -0.4 is 15.9 Å². The summed E-state index contributed by atoms with van der Waals surface area (Å²) in [4.78, 5) is 15.0. The second-order valence-corrected chi connectivity index (χ2v) is 6.76. The fourth-order valence-electron chi connectivity index (χ4n) is 2.94. The van der Waals surface area contributed by atoms with Crippen molar-refractivity contribution in [1.82, 2.24) is 35.6 Å². The van der Waals surface area contributed by atoms with E-state index in [1.165, 1.54) is 17.9 Å². The number of nitrogens with one attached hydrogen (secondary N) is 1. The molecule has 170 valence electrons. The van der Waals surface area contributed by atoms with Crippen LogP contribution in [0.3, 0.4) is 0 Å². The first-order valence-electron chi connectivity index (χ1n) is 9.86. The zero-order chi connectivity index (χ0) is 23.3. The third-order valence-corrected chi connectivity index (χ3v) is 4.86. The average Bonchev–Trinajstić information content (AvgIpc) is 3.41. The van der Waals surface area contributed by atoms with Crippen LogP contribution in [0.1, 0.15) is 42.5 Å². The first-order chi connectivity index (χ1) is 15.4. The van der Waals surface area contributed by atoms with Crippen molar-refractivity contribution in [2.45, 2.75) is 27.3 Å². The maximum Gasteiger partial charge on any atom is 0.293 e. The van der Waals surface area contributed by atoms with E-state index >= 15 is 0 Å². The van der Waals surface area contributed by atoms with Gasteiger partial charge in [-0.1, -0.05) is 19.1 Å². The van der Waals surface area contributed by atoms with Crippen LogP contribution in [-0.2, 0) is 6.54 Å². The Labute approximate surface area is 183 Å². The van der Waals surface area contributed by atoms with Gasteiger partial charge in [-0.3, -0.25) is 9.69 Å². The number of nitrogen functional groups attached to an aromatic ring is 1. The molecule has 3 rings (SSSR count). The van der Waals surface area contributed by atoms with Gasteiger partial charge in [0, 0.05) is 12.1 Å². The molecule has 0 fully saturated rings. The highest BCUT2D eigenvalue weighted by atomic mass is 16.6. The highest BCUT2D eigenvalue weighted by Gasteiger charge is 2.25. The van der Waals surface area contributed by atoms with Crippen molar-refractivity contribution in [1.29, 1.82) is 0 Å². The minimum Gasteiger partial charge on any atom is -0.504 e. The van der Waals surface area contributed by atoms with E-state index in [1.807, 2.05) is 13.8 Å². The predicted octanol–water partition coefficient (Wildman–Crippen LogP) is 0.942. The summed E-state index contributed by atoms with van der Waals surface area (Å²) in [5.41, 5.74) is 9.99. The number of amides is 1. The van der Waals surface area contributed by atoms with Crippen LogP contribution in [0.5, 0.6) is 11.5 Å². The van der Waals surface area contributed by atoms with Crippen LogP contribution in [0.15, 0.2) is 27.9 Å². The van der Waals surface area contributed by atoms with Gasteiger partial charge in [0.05, 0.1) is 18.5 Å². The molecule has 13 nitrogen and oxygen atoms in total. The fraction of sp³-hybridized carbons (Fsp3) is 0.368. The zero-order valence-electron chi connectivity index (χ0n) is 18.2. The fourth-order valence-corrected chi connectivity index (χ4v) is 2.94. The van der Waals surface area contributed by atoms with Gasteiger partial charge in [-0.25, -0.2) is 10.1 Å². The van der Waals surface area contributed by atoms with Crippen molar-refractivity contribution in [2.75, 3.05) is 25.9 Å². The lowest BCUT2D eigenvalue weighted by Gasteiger charge is -2.18. The number of aromatic hydroxyl groups is 1. The molecule has 0 unspecified atom stereocenters. The second kappa shape index (κ2) is 9.87. The number of hydrogen-bond acceptors (Lipinski definition) is 11. The SMILES string of the molecule is CCN(CC)Cc1c(C(=O)N/N=C(/C)c2ccc(O)c(OC)c2)nnn1-c1nonc1N. The summed E-state index contributed by atoms with van der Waals surface area (Å²) in [6, 6.07) is 4.76. The van der Waals surface area contributed by atoms with E-state index in [1.54, 1.807) is 19.1 Å². The number of carbonyl (C=O) groups excluding carboxylic acids is 1. The molecule has 0 aliphatic carbocycles. The number of ether oxygens (including phenoxy) is 1. The number of hydrazone groups is 1. The summed E-state index contributed by atoms with van der Waals surface area (Å²) < 4.78 is 11.1. The third kappa shape index (κ3) is 4.67. The smallest absolute Gasteiger partial charge is 0.293 e. The summed E-state index contributed by atoms with van der Waals surface area (Å²) in [5, 5.41) is 29.2. The normalized spacial score (nSPS) is 11.7. The number of anilines is 1. The van der Waals surface area contributed by atoms with Gasteiger partial charge in [0.25, 0.3) is 5.91 Å². The summed E-state index contributed by atoms with van der Waals surface area (Å²) in [5.74, 6) is -0.0788. The molecule has 4 N–H and O–H groups in total. The minimum atomic E-state index is -0.557. The lowest BCUT2D eigenvalue weighted by molar-refractivity contribution is 0.0947. The van der Waals surface area contributed by atoms with E-state index in [-0.39, 0.29) is 23.1 Å². The Balaban J connectivity index is 1.89. The Hall–Kier alpha value is -4.00. The van der Waals surface area contributed by atoms with Gasteiger partial charge in [0.15, 0.2) is 17.2 Å². The highest BCUT2D eigenvalue weighted by Crippen LogP contribution is 2.26. The molecule has 0 radical (unpaired) electrons. The summed E-state index contributed by atoms with van der Waals surface area (Å²) in [6.45, 7) is 7.57. The van der Waals surface area contributed by atoms with E-state index in [0.29, 0.717) is 29.3 Å². The van der Waals surface area contributed by atoms with E-state index in [0.717, 1.165) is 13.1 Å². The van der Waals surface area contributed by atoms with Gasteiger partial charge in [0.1, 0.15) is 0 Å². The van der Waals surface area contributed by atoms with Crippen LogP contribution in [0.2, 0.25) is 0 Å². The summed E-state index contributed by atoms with van der Waals surface area (Å²) >= 11 is 0. The molecular formula is C19H25N9O4. The number of benzene rings is 1. The molecule has 1 amide bonds. The number of methoxy groups -OCH3 is 1.